The predicted molar refractivity (Wildman–Crippen MR) is 141 cm³/mol. The van der Waals surface area contributed by atoms with Gasteiger partial charge in [-0.3, -0.25) is 0 Å². The molecule has 3 aliphatic rings. The van der Waals surface area contributed by atoms with E-state index in [9.17, 15) is 9.90 Å². The Kier molecular flexibility index (Phi) is 5.17. The number of aromatic carboxylic acids is 1. The van der Waals surface area contributed by atoms with Crippen molar-refractivity contribution in [3.05, 3.63) is 69.4 Å². The number of piperidine rings is 1. The first-order chi connectivity index (χ1) is 17.9. The van der Waals surface area contributed by atoms with Crippen LogP contribution in [0.25, 0.3) is 27.9 Å². The molecule has 2 aromatic carbocycles. The number of carbonyl (C=O) groups is 1. The number of rotatable bonds is 5. The molecule has 0 unspecified atom stereocenters. The molecule has 1 saturated heterocycles. The summed E-state index contributed by atoms with van der Waals surface area (Å²) in [4.78, 5) is 18.0. The Hall–Kier alpha value is -3.29. The number of allylic oxidation sites excluding steroid dienone is 2. The predicted octanol–water partition coefficient (Wildman–Crippen LogP) is 7.44. The summed E-state index contributed by atoms with van der Waals surface area (Å²) >= 11 is 13.1. The van der Waals surface area contributed by atoms with Gasteiger partial charge in [0.05, 0.1) is 15.6 Å². The summed E-state index contributed by atoms with van der Waals surface area (Å²) in [6, 6.07) is 10.8. The van der Waals surface area contributed by atoms with Crippen LogP contribution in [-0.2, 0) is 0 Å². The molecule has 2 aromatic heterocycles. The first-order valence-electron chi connectivity index (χ1n) is 12.5. The van der Waals surface area contributed by atoms with Crippen molar-refractivity contribution in [3.63, 3.8) is 0 Å². The highest BCUT2D eigenvalue weighted by Gasteiger charge is 2.44. The molecule has 4 aromatic rings. The molecule has 0 bridgehead atoms. The Bertz CT molecular complexity index is 1570. The Morgan fingerprint density at radius 3 is 2.49 bits per heavy atom. The number of carboxylic acids is 1. The molecule has 9 heteroatoms. The smallest absolute Gasteiger partial charge is 0.335 e. The maximum absolute atomic E-state index is 11.3. The van der Waals surface area contributed by atoms with Crippen LogP contribution in [0.1, 0.15) is 59.7 Å². The van der Waals surface area contributed by atoms with Gasteiger partial charge in [-0.15, -0.1) is 0 Å². The number of aromatic nitrogens is 2. The van der Waals surface area contributed by atoms with Crippen LogP contribution in [-0.4, -0.2) is 34.3 Å². The fourth-order valence-electron chi connectivity index (χ4n) is 5.66. The average molecular weight is 536 g/mol. The number of fused-ring (bicyclic) bond motifs is 1. The second kappa shape index (κ2) is 8.36. The summed E-state index contributed by atoms with van der Waals surface area (Å²) in [5.41, 5.74) is 5.27. The van der Waals surface area contributed by atoms with Gasteiger partial charge in [0, 0.05) is 30.1 Å². The Morgan fingerprint density at radius 2 is 1.81 bits per heavy atom. The fourth-order valence-corrected chi connectivity index (χ4v) is 6.24. The van der Waals surface area contributed by atoms with Crippen molar-refractivity contribution in [2.75, 3.05) is 18.0 Å². The third-order valence-electron chi connectivity index (χ3n) is 7.86. The van der Waals surface area contributed by atoms with Crippen molar-refractivity contribution in [1.29, 1.82) is 0 Å². The van der Waals surface area contributed by atoms with Gasteiger partial charge in [-0.1, -0.05) is 40.5 Å². The molecule has 0 radical (unpaired) electrons. The lowest BCUT2D eigenvalue weighted by atomic mass is 9.63. The second-order valence-corrected chi connectivity index (χ2v) is 11.1. The molecule has 1 N–H and O–H groups in total. The number of nitrogens with zero attached hydrogens (tertiary/aromatic N) is 3. The summed E-state index contributed by atoms with van der Waals surface area (Å²) in [6.45, 7) is 1.62. The third kappa shape index (κ3) is 3.83. The molecule has 1 saturated carbocycles. The lowest BCUT2D eigenvalue weighted by Gasteiger charge is -2.46. The maximum atomic E-state index is 11.3. The molecule has 2 fully saturated rings. The van der Waals surface area contributed by atoms with Gasteiger partial charge in [-0.2, -0.15) is 4.98 Å². The first-order valence-corrected chi connectivity index (χ1v) is 13.2. The number of hydrogen-bond acceptors (Lipinski definition) is 6. The number of benzene rings is 2. The molecular weight excluding hydrogens is 513 g/mol. The van der Waals surface area contributed by atoms with Crippen LogP contribution in [0.15, 0.2) is 51.4 Å². The van der Waals surface area contributed by atoms with Gasteiger partial charge < -0.3 is 18.9 Å². The van der Waals surface area contributed by atoms with Gasteiger partial charge in [0.25, 0.3) is 6.01 Å². The minimum absolute atomic E-state index is 0.119. The highest BCUT2D eigenvalue weighted by Crippen LogP contribution is 2.56. The summed E-state index contributed by atoms with van der Waals surface area (Å²) in [7, 11) is 0. The fraction of sp³-hybridized carbons (Fsp3) is 0.321. The van der Waals surface area contributed by atoms with Crippen LogP contribution in [0.5, 0.6) is 0 Å². The number of carboxylic acid groups (broad SMARTS) is 1. The molecule has 7 nitrogen and oxygen atoms in total. The Labute approximate surface area is 222 Å². The highest BCUT2D eigenvalue weighted by atomic mass is 35.5. The standard InChI is InChI=1S/C28H23Cl2N3O4/c29-18-2-1-3-19(30)23(18)24-22(25(37-32-24)15-4-5-15)17-13-28(14-17)8-10-33(11-9-28)27-31-20-12-16(26(34)35)6-7-21(20)36-27/h1-3,6-7,12-13,15H,4-5,8-11,14H2,(H,34,35). The van der Waals surface area contributed by atoms with E-state index in [1.54, 1.807) is 12.1 Å². The van der Waals surface area contributed by atoms with Gasteiger partial charge in [0.2, 0.25) is 0 Å². The van der Waals surface area contributed by atoms with E-state index in [0.29, 0.717) is 33.1 Å². The average Bonchev–Trinajstić information content (AvgIpc) is 3.48. The minimum Gasteiger partial charge on any atom is -0.478 e. The third-order valence-corrected chi connectivity index (χ3v) is 8.49. The quantitative estimate of drug-likeness (QED) is 0.283. The van der Waals surface area contributed by atoms with Gasteiger partial charge in [-0.25, -0.2) is 4.79 Å². The van der Waals surface area contributed by atoms with E-state index in [-0.39, 0.29) is 11.0 Å². The number of halogens is 2. The van der Waals surface area contributed by atoms with Crippen molar-refractivity contribution in [2.24, 2.45) is 5.41 Å². The molecule has 2 aliphatic carbocycles. The van der Waals surface area contributed by atoms with E-state index in [4.69, 9.17) is 32.1 Å². The second-order valence-electron chi connectivity index (χ2n) is 10.3. The summed E-state index contributed by atoms with van der Waals surface area (Å²) < 4.78 is 11.8. The van der Waals surface area contributed by atoms with Gasteiger partial charge in [0.1, 0.15) is 17.0 Å². The van der Waals surface area contributed by atoms with Crippen molar-refractivity contribution in [3.8, 4) is 11.3 Å². The zero-order valence-corrected chi connectivity index (χ0v) is 21.3. The molecule has 0 atom stereocenters. The van der Waals surface area contributed by atoms with Gasteiger partial charge in [-0.05, 0) is 73.4 Å². The topological polar surface area (TPSA) is 92.6 Å². The van der Waals surface area contributed by atoms with E-state index < -0.39 is 5.97 Å². The van der Waals surface area contributed by atoms with Crippen LogP contribution in [0.4, 0.5) is 6.01 Å². The van der Waals surface area contributed by atoms with Crippen LogP contribution >= 0.6 is 23.2 Å². The maximum Gasteiger partial charge on any atom is 0.335 e. The molecule has 1 spiro atoms. The molecule has 37 heavy (non-hydrogen) atoms. The lowest BCUT2D eigenvalue weighted by molar-refractivity contribution is 0.0697. The first kappa shape index (κ1) is 22.9. The molecule has 0 amide bonds. The Balaban J connectivity index is 1.14. The van der Waals surface area contributed by atoms with E-state index in [1.807, 2.05) is 18.2 Å². The van der Waals surface area contributed by atoms with E-state index >= 15 is 0 Å². The van der Waals surface area contributed by atoms with E-state index in [0.717, 1.165) is 67.8 Å². The molecular formula is C28H23Cl2N3O4. The van der Waals surface area contributed by atoms with Crippen LogP contribution in [0, 0.1) is 5.41 Å². The minimum atomic E-state index is -0.975. The zero-order valence-electron chi connectivity index (χ0n) is 19.8. The van der Waals surface area contributed by atoms with Crippen molar-refractivity contribution < 1.29 is 18.8 Å². The molecule has 7 rings (SSSR count). The van der Waals surface area contributed by atoms with Crippen molar-refractivity contribution >= 4 is 51.9 Å². The summed E-state index contributed by atoms with van der Waals surface area (Å²) in [5.74, 6) is 0.394. The summed E-state index contributed by atoms with van der Waals surface area (Å²) in [6.07, 6.45) is 7.52. The number of hydrogen-bond donors (Lipinski definition) is 1. The molecule has 188 valence electrons. The highest BCUT2D eigenvalue weighted by molar-refractivity contribution is 6.39. The molecule has 3 heterocycles. The molecule has 1 aliphatic heterocycles. The van der Waals surface area contributed by atoms with Gasteiger partial charge in [0.15, 0.2) is 5.58 Å². The van der Waals surface area contributed by atoms with E-state index in [2.05, 4.69) is 21.1 Å². The van der Waals surface area contributed by atoms with E-state index in [1.165, 1.54) is 11.6 Å². The Morgan fingerprint density at radius 1 is 1.08 bits per heavy atom. The lowest BCUT2D eigenvalue weighted by Crippen LogP contribution is -2.42. The van der Waals surface area contributed by atoms with Crippen molar-refractivity contribution in [1.82, 2.24) is 10.1 Å². The van der Waals surface area contributed by atoms with Crippen LogP contribution < -0.4 is 4.90 Å². The summed E-state index contributed by atoms with van der Waals surface area (Å²) in [5, 5.41) is 14.8. The normalized spacial score (nSPS) is 18.8. The van der Waals surface area contributed by atoms with Crippen LogP contribution in [0.3, 0.4) is 0 Å². The number of anilines is 1. The zero-order chi connectivity index (χ0) is 25.3. The SMILES string of the molecule is O=C(O)c1ccc2oc(N3CCC4(C=C(c5c(-c6c(Cl)cccc6Cl)noc5C5CC5)C4)CC3)nc2c1. The van der Waals surface area contributed by atoms with Crippen molar-refractivity contribution in [2.45, 2.75) is 38.0 Å². The van der Waals surface area contributed by atoms with Crippen LogP contribution in [0.2, 0.25) is 10.0 Å². The largest absolute Gasteiger partial charge is 0.478 e. The number of oxazole rings is 1. The monoisotopic (exact) mass is 535 g/mol. The van der Waals surface area contributed by atoms with Gasteiger partial charge >= 0.3 is 5.97 Å².